The van der Waals surface area contributed by atoms with E-state index in [4.69, 9.17) is 0 Å². The van der Waals surface area contributed by atoms with Crippen molar-refractivity contribution in [1.29, 1.82) is 0 Å². The molecular weight excluding hydrogens is 155 g/mol. The van der Waals surface area contributed by atoms with Crippen molar-refractivity contribution >= 4 is 11.8 Å². The summed E-state index contributed by atoms with van der Waals surface area (Å²) in [6, 6.07) is 0. The summed E-state index contributed by atoms with van der Waals surface area (Å²) in [6.45, 7) is 5.40. The molecule has 0 bridgehead atoms. The van der Waals surface area contributed by atoms with Crippen LogP contribution in [0.4, 0.5) is 0 Å². The fourth-order valence-corrected chi connectivity index (χ4v) is 0.554. The van der Waals surface area contributed by atoms with Crippen LogP contribution in [0.25, 0.3) is 0 Å². The molecule has 0 fully saturated rings. The molecule has 0 aromatic heterocycles. The van der Waals surface area contributed by atoms with E-state index in [0.29, 0.717) is 0 Å². The quantitative estimate of drug-likeness (QED) is 0.320. The second kappa shape index (κ2) is 4.91. The van der Waals surface area contributed by atoms with Crippen LogP contribution in [0.3, 0.4) is 0 Å². The van der Waals surface area contributed by atoms with E-state index in [1.54, 1.807) is 20.8 Å². The zero-order valence-electron chi connectivity index (χ0n) is 7.43. The Morgan fingerprint density at radius 3 is 1.73 bits per heavy atom. The number of hydrogen-bond acceptors (Lipinski definition) is 3. The number of hydrogen-bond donors (Lipinski definition) is 0. The minimum Gasteiger partial charge on any atom is -0.542 e. The molecule has 0 N–H and O–H groups in total. The van der Waals surface area contributed by atoms with Crippen molar-refractivity contribution in [2.75, 3.05) is 0 Å². The predicted molar refractivity (Wildman–Crippen MR) is 34.1 cm³/mol. The van der Waals surface area contributed by atoms with Crippen LogP contribution in [0.2, 0.25) is 0 Å². The summed E-state index contributed by atoms with van der Waals surface area (Å²) in [5.41, 5.74) is -0.267. The van der Waals surface area contributed by atoms with E-state index >= 15 is 0 Å². The smallest absolute Gasteiger partial charge is 0.542 e. The van der Waals surface area contributed by atoms with Gasteiger partial charge in [-0.3, -0.25) is 4.79 Å². The van der Waals surface area contributed by atoms with E-state index in [-0.39, 0.29) is 41.4 Å². The van der Waals surface area contributed by atoms with Gasteiger partial charge in [0.25, 0.3) is 0 Å². The van der Waals surface area contributed by atoms with Crippen LogP contribution in [0, 0.1) is 5.41 Å². The molecular formula is C7H11NaO3. The Morgan fingerprint density at radius 1 is 1.27 bits per heavy atom. The number of aliphatic carboxylic acids is 1. The number of rotatable bonds is 2. The van der Waals surface area contributed by atoms with E-state index < -0.39 is 11.8 Å². The molecule has 0 aromatic rings. The summed E-state index contributed by atoms with van der Waals surface area (Å²) in [4.78, 5) is 20.4. The minimum atomic E-state index is -1.59. The largest absolute Gasteiger partial charge is 1.00 e. The van der Waals surface area contributed by atoms with Crippen molar-refractivity contribution in [3.05, 3.63) is 0 Å². The number of Topliss-reactive ketones (excluding diaryl/α,β-unsaturated/α-hetero) is 1. The van der Waals surface area contributed by atoms with E-state index in [0.717, 1.165) is 0 Å². The maximum absolute atomic E-state index is 10.5. The molecule has 0 radical (unpaired) electrons. The van der Waals surface area contributed by atoms with Crippen molar-refractivity contribution < 1.29 is 44.3 Å². The fraction of sp³-hybridized carbons (Fsp3) is 0.714. The van der Waals surface area contributed by atoms with Gasteiger partial charge in [-0.15, -0.1) is 0 Å². The van der Waals surface area contributed by atoms with E-state index in [1.165, 1.54) is 0 Å². The van der Waals surface area contributed by atoms with Gasteiger partial charge >= 0.3 is 29.6 Å². The first kappa shape index (κ1) is 13.7. The van der Waals surface area contributed by atoms with E-state index in [2.05, 4.69) is 0 Å². The molecule has 0 aromatic carbocycles. The van der Waals surface area contributed by atoms with E-state index in [9.17, 15) is 14.7 Å². The standard InChI is InChI=1S/C7H12O3.Na/c1-7(2,3)4-5(8)6(9)10;/h4H2,1-3H3,(H,9,10);/q;+1/p-1. The van der Waals surface area contributed by atoms with Gasteiger partial charge in [-0.25, -0.2) is 0 Å². The van der Waals surface area contributed by atoms with Crippen LogP contribution in [0.1, 0.15) is 27.2 Å². The number of ketones is 1. The van der Waals surface area contributed by atoms with Crippen LogP contribution in [-0.2, 0) is 9.59 Å². The van der Waals surface area contributed by atoms with Crippen LogP contribution in [0.5, 0.6) is 0 Å². The molecule has 0 aliphatic heterocycles. The Kier molecular flexibility index (Phi) is 6.12. The normalized spacial score (nSPS) is 10.1. The van der Waals surface area contributed by atoms with Crippen LogP contribution in [0.15, 0.2) is 0 Å². The Bertz CT molecular complexity index is 158. The van der Waals surface area contributed by atoms with Gasteiger partial charge < -0.3 is 9.90 Å². The first-order valence-corrected chi connectivity index (χ1v) is 3.07. The molecule has 0 saturated carbocycles. The summed E-state index contributed by atoms with van der Waals surface area (Å²) in [7, 11) is 0. The average Bonchev–Trinajstić information content (AvgIpc) is 1.60. The molecule has 0 unspecified atom stereocenters. The van der Waals surface area contributed by atoms with Gasteiger partial charge in [0.2, 0.25) is 0 Å². The van der Waals surface area contributed by atoms with Gasteiger partial charge in [-0.2, -0.15) is 0 Å². The van der Waals surface area contributed by atoms with Crippen molar-refractivity contribution in [3.63, 3.8) is 0 Å². The third kappa shape index (κ3) is 8.04. The predicted octanol–water partition coefficient (Wildman–Crippen LogP) is -3.25. The summed E-state index contributed by atoms with van der Waals surface area (Å²) in [6.07, 6.45) is 0.0370. The summed E-state index contributed by atoms with van der Waals surface area (Å²) in [5.74, 6) is -2.41. The maximum atomic E-state index is 10.5. The Hall–Kier alpha value is 0.140. The zero-order valence-corrected chi connectivity index (χ0v) is 9.43. The van der Waals surface area contributed by atoms with Crippen LogP contribution >= 0.6 is 0 Å². The third-order valence-corrected chi connectivity index (χ3v) is 0.919. The molecule has 0 spiro atoms. The number of carboxylic acids is 1. The number of carbonyl (C=O) groups is 2. The fourth-order valence-electron chi connectivity index (χ4n) is 0.554. The van der Waals surface area contributed by atoms with Crippen molar-refractivity contribution in [1.82, 2.24) is 0 Å². The molecule has 0 heterocycles. The van der Waals surface area contributed by atoms with Gasteiger partial charge in [-0.1, -0.05) is 20.8 Å². The molecule has 0 aliphatic rings. The van der Waals surface area contributed by atoms with Gasteiger partial charge in [0.05, 0.1) is 0 Å². The zero-order chi connectivity index (χ0) is 8.36. The molecule has 0 saturated heterocycles. The topological polar surface area (TPSA) is 57.2 Å². The van der Waals surface area contributed by atoms with Crippen LogP contribution in [-0.4, -0.2) is 11.8 Å². The molecule has 0 aliphatic carbocycles. The molecule has 0 amide bonds. The molecule has 4 heteroatoms. The van der Waals surface area contributed by atoms with Crippen molar-refractivity contribution in [3.8, 4) is 0 Å². The Morgan fingerprint density at radius 2 is 1.64 bits per heavy atom. The Balaban J connectivity index is 0. The monoisotopic (exact) mass is 166 g/mol. The second-order valence-electron chi connectivity index (χ2n) is 3.45. The SMILES string of the molecule is CC(C)(C)CC(=O)C(=O)[O-].[Na+]. The molecule has 3 nitrogen and oxygen atoms in total. The first-order valence-electron chi connectivity index (χ1n) is 3.07. The molecule has 0 atom stereocenters. The Labute approximate surface area is 88.5 Å². The summed E-state index contributed by atoms with van der Waals surface area (Å²) < 4.78 is 0. The van der Waals surface area contributed by atoms with Gasteiger partial charge in [-0.05, 0) is 5.41 Å². The molecule has 0 rings (SSSR count). The number of carboxylic acid groups (broad SMARTS) is 1. The molecule has 11 heavy (non-hydrogen) atoms. The maximum Gasteiger partial charge on any atom is 1.00 e. The van der Waals surface area contributed by atoms with Gasteiger partial charge in [0.1, 0.15) is 5.97 Å². The third-order valence-electron chi connectivity index (χ3n) is 0.919. The molecule has 58 valence electrons. The van der Waals surface area contributed by atoms with Crippen molar-refractivity contribution in [2.45, 2.75) is 27.2 Å². The number of carbonyl (C=O) groups excluding carboxylic acids is 2. The van der Waals surface area contributed by atoms with Gasteiger partial charge in [0.15, 0.2) is 5.78 Å². The van der Waals surface area contributed by atoms with E-state index in [1.807, 2.05) is 0 Å². The van der Waals surface area contributed by atoms with Gasteiger partial charge in [0, 0.05) is 6.42 Å². The van der Waals surface area contributed by atoms with Crippen LogP contribution < -0.4 is 34.7 Å². The van der Waals surface area contributed by atoms with Crippen molar-refractivity contribution in [2.24, 2.45) is 5.41 Å². The second-order valence-corrected chi connectivity index (χ2v) is 3.45. The minimum absolute atomic E-state index is 0. The summed E-state index contributed by atoms with van der Waals surface area (Å²) in [5, 5.41) is 9.92. The first-order chi connectivity index (χ1) is 4.33. The average molecular weight is 166 g/mol. The summed E-state index contributed by atoms with van der Waals surface area (Å²) >= 11 is 0.